The van der Waals surface area contributed by atoms with Crippen molar-refractivity contribution in [2.24, 2.45) is 0 Å². The highest BCUT2D eigenvalue weighted by Crippen LogP contribution is 2.34. The van der Waals surface area contributed by atoms with E-state index in [9.17, 15) is 15.0 Å². The number of rotatable bonds is 6. The third kappa shape index (κ3) is 4.88. The van der Waals surface area contributed by atoms with Crippen LogP contribution in [0.1, 0.15) is 24.3 Å². The number of nitrogens with zero attached hydrogens (tertiary/aromatic N) is 1. The van der Waals surface area contributed by atoms with Crippen LogP contribution in [-0.4, -0.2) is 64.2 Å². The van der Waals surface area contributed by atoms with Crippen LogP contribution in [0.4, 0.5) is 0 Å². The number of carbonyl (C=O) groups is 1. The van der Waals surface area contributed by atoms with Gasteiger partial charge in [-0.15, -0.1) is 0 Å². The summed E-state index contributed by atoms with van der Waals surface area (Å²) < 4.78 is 11.4. The van der Waals surface area contributed by atoms with E-state index < -0.39 is 12.2 Å². The summed E-state index contributed by atoms with van der Waals surface area (Å²) in [5.74, 6) is 0.0437. The SMILES string of the molecule is O=C1NCCC1c1ccc(-c2ccc(-c3cc4nc(O[C@H]5CO[C@H](CO)[C@@H](O)C5)[nH]c4cc3Cl)cc2)cc1. The van der Waals surface area contributed by atoms with E-state index in [1.54, 1.807) is 0 Å². The van der Waals surface area contributed by atoms with Crippen LogP contribution < -0.4 is 10.1 Å². The molecule has 0 bridgehead atoms. The number of ether oxygens (including phenoxy) is 2. The minimum Gasteiger partial charge on any atom is -0.459 e. The van der Waals surface area contributed by atoms with Gasteiger partial charge in [0.25, 0.3) is 6.01 Å². The van der Waals surface area contributed by atoms with Gasteiger partial charge in [0.2, 0.25) is 5.91 Å². The fraction of sp³-hybridized carbons (Fsp3) is 0.310. The summed E-state index contributed by atoms with van der Waals surface area (Å²) in [6, 6.07) is 20.4. The molecule has 3 heterocycles. The fourth-order valence-corrected chi connectivity index (χ4v) is 5.46. The highest BCUT2D eigenvalue weighted by Gasteiger charge is 2.31. The van der Waals surface area contributed by atoms with Crippen LogP contribution in [0.15, 0.2) is 60.7 Å². The first-order valence-electron chi connectivity index (χ1n) is 12.7. The molecular weight excluding hydrogens is 506 g/mol. The minimum atomic E-state index is -0.793. The Kier molecular flexibility index (Phi) is 6.80. The number of amides is 1. The Bertz CT molecular complexity index is 1450. The number of halogens is 1. The lowest BCUT2D eigenvalue weighted by atomic mass is 9.94. The molecule has 2 aliphatic rings. The Labute approximate surface area is 224 Å². The number of aliphatic hydroxyl groups excluding tert-OH is 2. The number of hydrogen-bond donors (Lipinski definition) is 4. The van der Waals surface area contributed by atoms with Crippen molar-refractivity contribution < 1.29 is 24.5 Å². The molecule has 9 heteroatoms. The fourth-order valence-electron chi connectivity index (χ4n) is 5.19. The molecule has 196 valence electrons. The summed E-state index contributed by atoms with van der Waals surface area (Å²) in [5.41, 5.74) is 6.47. The highest BCUT2D eigenvalue weighted by molar-refractivity contribution is 6.34. The maximum Gasteiger partial charge on any atom is 0.294 e. The van der Waals surface area contributed by atoms with Gasteiger partial charge in [0, 0.05) is 18.5 Å². The Morgan fingerprint density at radius 2 is 1.76 bits per heavy atom. The molecule has 0 spiro atoms. The molecule has 0 saturated carbocycles. The van der Waals surface area contributed by atoms with Gasteiger partial charge in [-0.1, -0.05) is 60.1 Å². The molecular formula is C29H28ClN3O5. The third-order valence-electron chi connectivity index (χ3n) is 7.33. The van der Waals surface area contributed by atoms with Gasteiger partial charge in [0.05, 0.1) is 41.3 Å². The Morgan fingerprint density at radius 3 is 2.42 bits per heavy atom. The van der Waals surface area contributed by atoms with Crippen LogP contribution in [0.3, 0.4) is 0 Å². The number of nitrogens with one attached hydrogen (secondary N) is 2. The van der Waals surface area contributed by atoms with Crippen molar-refractivity contribution in [3.8, 4) is 28.3 Å². The van der Waals surface area contributed by atoms with E-state index >= 15 is 0 Å². The van der Waals surface area contributed by atoms with Gasteiger partial charge >= 0.3 is 0 Å². The number of aliphatic hydroxyl groups is 2. The zero-order chi connectivity index (χ0) is 26.2. The second-order valence-electron chi connectivity index (χ2n) is 9.82. The van der Waals surface area contributed by atoms with Crippen molar-refractivity contribution >= 4 is 28.5 Å². The topological polar surface area (TPSA) is 117 Å². The summed E-state index contributed by atoms with van der Waals surface area (Å²) >= 11 is 6.64. The van der Waals surface area contributed by atoms with Crippen molar-refractivity contribution in [2.45, 2.75) is 37.1 Å². The van der Waals surface area contributed by atoms with Gasteiger partial charge < -0.3 is 30.0 Å². The lowest BCUT2D eigenvalue weighted by Crippen LogP contribution is -2.45. The van der Waals surface area contributed by atoms with Gasteiger partial charge in [-0.2, -0.15) is 4.98 Å². The first-order valence-corrected chi connectivity index (χ1v) is 13.1. The minimum absolute atomic E-state index is 0.0577. The standard InChI is InChI=1S/C29H28ClN3O5/c30-23-13-25-24(32-29(33-25)38-20-11-26(35)27(14-34)37-15-20)12-22(23)19-7-3-17(4-8-19)16-1-5-18(6-2-16)21-9-10-31-28(21)36/h1-8,12-13,20-21,26-27,34-35H,9-11,14-15H2,(H,31,36)(H,32,33)/t20-,21?,26+,27-/m1/s1. The van der Waals surface area contributed by atoms with Gasteiger partial charge in [-0.25, -0.2) is 0 Å². The number of imidazole rings is 1. The van der Waals surface area contributed by atoms with Crippen molar-refractivity contribution in [2.75, 3.05) is 19.8 Å². The number of hydrogen-bond acceptors (Lipinski definition) is 6. The number of aromatic amines is 1. The third-order valence-corrected chi connectivity index (χ3v) is 7.64. The Hall–Kier alpha value is -3.43. The predicted molar refractivity (Wildman–Crippen MR) is 144 cm³/mol. The van der Waals surface area contributed by atoms with E-state index in [0.29, 0.717) is 23.0 Å². The quantitative estimate of drug-likeness (QED) is 0.297. The smallest absolute Gasteiger partial charge is 0.294 e. The second-order valence-corrected chi connectivity index (χ2v) is 10.2. The van der Waals surface area contributed by atoms with Crippen molar-refractivity contribution in [3.63, 3.8) is 0 Å². The largest absolute Gasteiger partial charge is 0.459 e. The number of H-pyrrole nitrogens is 1. The maximum atomic E-state index is 12.0. The summed E-state index contributed by atoms with van der Waals surface area (Å²) in [4.78, 5) is 19.7. The van der Waals surface area contributed by atoms with Gasteiger partial charge in [0.15, 0.2) is 0 Å². The Balaban J connectivity index is 1.18. The normalized spacial score (nSPS) is 23.5. The van der Waals surface area contributed by atoms with Crippen molar-refractivity contribution in [3.05, 3.63) is 71.2 Å². The molecule has 1 unspecified atom stereocenters. The number of carbonyl (C=O) groups excluding carboxylic acids is 1. The molecule has 0 radical (unpaired) electrons. The maximum absolute atomic E-state index is 12.0. The molecule has 1 amide bonds. The average molecular weight is 534 g/mol. The average Bonchev–Trinajstić information content (AvgIpc) is 3.53. The number of benzene rings is 3. The Morgan fingerprint density at radius 1 is 1.05 bits per heavy atom. The van der Waals surface area contributed by atoms with Crippen LogP contribution in [0.2, 0.25) is 5.02 Å². The lowest BCUT2D eigenvalue weighted by molar-refractivity contribution is -0.131. The molecule has 3 aromatic carbocycles. The van der Waals surface area contributed by atoms with E-state index in [1.807, 2.05) is 36.4 Å². The molecule has 6 rings (SSSR count). The zero-order valence-electron chi connectivity index (χ0n) is 20.6. The van der Waals surface area contributed by atoms with E-state index in [1.165, 1.54) is 0 Å². The summed E-state index contributed by atoms with van der Waals surface area (Å²) in [7, 11) is 0. The zero-order valence-corrected chi connectivity index (χ0v) is 21.3. The molecule has 2 saturated heterocycles. The van der Waals surface area contributed by atoms with Gasteiger partial charge in [0.1, 0.15) is 12.2 Å². The van der Waals surface area contributed by atoms with Crippen molar-refractivity contribution in [1.82, 2.24) is 15.3 Å². The van der Waals surface area contributed by atoms with E-state index in [2.05, 4.69) is 39.6 Å². The molecule has 8 nitrogen and oxygen atoms in total. The van der Waals surface area contributed by atoms with Gasteiger partial charge in [-0.05, 0) is 40.8 Å². The van der Waals surface area contributed by atoms with Crippen LogP contribution in [0, 0.1) is 0 Å². The summed E-state index contributed by atoms with van der Waals surface area (Å²) in [5, 5.41) is 22.8. The molecule has 2 aliphatic heterocycles. The first kappa shape index (κ1) is 24.9. The summed E-state index contributed by atoms with van der Waals surface area (Å²) in [6.45, 7) is 0.767. The van der Waals surface area contributed by atoms with Crippen molar-refractivity contribution in [1.29, 1.82) is 0 Å². The monoisotopic (exact) mass is 533 g/mol. The molecule has 38 heavy (non-hydrogen) atoms. The molecule has 4 atom stereocenters. The molecule has 2 fully saturated rings. The van der Waals surface area contributed by atoms with E-state index in [0.717, 1.165) is 46.3 Å². The molecule has 1 aromatic heterocycles. The first-order chi connectivity index (χ1) is 18.5. The van der Waals surface area contributed by atoms with Gasteiger partial charge in [-0.3, -0.25) is 4.79 Å². The van der Waals surface area contributed by atoms with Crippen LogP contribution in [-0.2, 0) is 9.53 Å². The number of fused-ring (bicyclic) bond motifs is 1. The molecule has 0 aliphatic carbocycles. The van der Waals surface area contributed by atoms with E-state index in [4.69, 9.17) is 21.1 Å². The van der Waals surface area contributed by atoms with Crippen LogP contribution in [0.25, 0.3) is 33.3 Å². The number of aromatic nitrogens is 2. The highest BCUT2D eigenvalue weighted by atomic mass is 35.5. The molecule has 4 N–H and O–H groups in total. The summed E-state index contributed by atoms with van der Waals surface area (Å²) in [6.07, 6.45) is -0.568. The van der Waals surface area contributed by atoms with Crippen LogP contribution in [0.5, 0.6) is 6.01 Å². The van der Waals surface area contributed by atoms with Crippen LogP contribution >= 0.6 is 11.6 Å². The van der Waals surface area contributed by atoms with E-state index in [-0.39, 0.29) is 31.1 Å². The molecule has 4 aromatic rings. The predicted octanol–water partition coefficient (Wildman–Crippen LogP) is 4.04. The lowest BCUT2D eigenvalue weighted by Gasteiger charge is -2.31. The second kappa shape index (κ2) is 10.4.